The van der Waals surface area contributed by atoms with Gasteiger partial charge in [0.2, 0.25) is 0 Å². The second-order valence-corrected chi connectivity index (χ2v) is 4.89. The summed E-state index contributed by atoms with van der Waals surface area (Å²) >= 11 is 0. The Bertz CT molecular complexity index is 509. The minimum Gasteiger partial charge on any atom is -0.497 e. The number of rotatable bonds is 6. The van der Waals surface area contributed by atoms with Gasteiger partial charge in [0, 0.05) is 30.7 Å². The van der Waals surface area contributed by atoms with Crippen molar-refractivity contribution in [1.29, 1.82) is 0 Å². The molecule has 0 bridgehead atoms. The molecule has 0 atom stereocenters. The summed E-state index contributed by atoms with van der Waals surface area (Å²) in [7, 11) is 1.64. The van der Waals surface area contributed by atoms with E-state index in [1.165, 1.54) is 5.70 Å². The van der Waals surface area contributed by atoms with Gasteiger partial charge in [0.15, 0.2) is 5.96 Å². The second-order valence-electron chi connectivity index (χ2n) is 4.89. The van der Waals surface area contributed by atoms with Gasteiger partial charge in [0.05, 0.1) is 13.8 Å². The van der Waals surface area contributed by atoms with E-state index in [0.29, 0.717) is 12.5 Å². The quantitative estimate of drug-likeness (QED) is 0.421. The van der Waals surface area contributed by atoms with E-state index in [9.17, 15) is 0 Å². The first-order valence-electron chi connectivity index (χ1n) is 7.05. The van der Waals surface area contributed by atoms with Gasteiger partial charge < -0.3 is 26.0 Å². The van der Waals surface area contributed by atoms with Crippen LogP contribution in [0.15, 0.2) is 41.2 Å². The average molecular weight is 289 g/mol. The second kappa shape index (κ2) is 7.42. The summed E-state index contributed by atoms with van der Waals surface area (Å²) < 4.78 is 5.11. The number of ether oxygens (including phenoxy) is 1. The lowest BCUT2D eigenvalue weighted by Gasteiger charge is -2.18. The monoisotopic (exact) mass is 289 g/mol. The van der Waals surface area contributed by atoms with Crippen LogP contribution in [0.25, 0.3) is 0 Å². The highest BCUT2D eigenvalue weighted by molar-refractivity contribution is 5.92. The summed E-state index contributed by atoms with van der Waals surface area (Å²) in [5, 5.41) is 6.26. The van der Waals surface area contributed by atoms with Crippen LogP contribution < -0.4 is 21.1 Å². The van der Waals surface area contributed by atoms with Crippen LogP contribution in [0.3, 0.4) is 0 Å². The molecule has 0 aromatic heterocycles. The molecule has 0 spiro atoms. The van der Waals surface area contributed by atoms with E-state index in [4.69, 9.17) is 10.5 Å². The molecule has 1 heterocycles. The minimum atomic E-state index is 0.437. The number of nitrogens with one attached hydrogen (secondary N) is 2. The molecule has 1 aromatic rings. The first-order valence-corrected chi connectivity index (χ1v) is 7.05. The summed E-state index contributed by atoms with van der Waals surface area (Å²) in [6.07, 6.45) is 3.00. The first kappa shape index (κ1) is 15.0. The SMILES string of the molecule is COc1ccc(NC(N)=NCCCN2CNC=C2C)cc1. The van der Waals surface area contributed by atoms with Crippen molar-refractivity contribution in [2.45, 2.75) is 13.3 Å². The maximum absolute atomic E-state index is 5.87. The fourth-order valence-electron chi connectivity index (χ4n) is 2.10. The molecule has 0 saturated carbocycles. The maximum Gasteiger partial charge on any atom is 0.193 e. The highest BCUT2D eigenvalue weighted by atomic mass is 16.5. The molecule has 0 unspecified atom stereocenters. The maximum atomic E-state index is 5.87. The van der Waals surface area contributed by atoms with E-state index >= 15 is 0 Å². The molecule has 4 N–H and O–H groups in total. The molecule has 1 aliphatic rings. The lowest BCUT2D eigenvalue weighted by atomic mass is 10.3. The average Bonchev–Trinajstić information content (AvgIpc) is 2.90. The molecular formula is C15H23N5O. The van der Waals surface area contributed by atoms with Crippen molar-refractivity contribution in [3.05, 3.63) is 36.2 Å². The van der Waals surface area contributed by atoms with Crippen molar-refractivity contribution in [3.8, 4) is 5.75 Å². The van der Waals surface area contributed by atoms with Crippen LogP contribution in [0, 0.1) is 0 Å². The number of allylic oxidation sites excluding steroid dienone is 1. The predicted molar refractivity (Wildman–Crippen MR) is 86.2 cm³/mol. The van der Waals surface area contributed by atoms with Gasteiger partial charge in [0.25, 0.3) is 0 Å². The molecule has 2 rings (SSSR count). The van der Waals surface area contributed by atoms with Crippen LogP contribution in [0.2, 0.25) is 0 Å². The minimum absolute atomic E-state index is 0.437. The Balaban J connectivity index is 1.72. The number of nitrogens with zero attached hydrogens (tertiary/aromatic N) is 2. The highest BCUT2D eigenvalue weighted by Crippen LogP contribution is 2.14. The number of methoxy groups -OCH3 is 1. The van der Waals surface area contributed by atoms with Crippen LogP contribution in [-0.2, 0) is 0 Å². The van der Waals surface area contributed by atoms with Gasteiger partial charge in [-0.3, -0.25) is 4.99 Å². The van der Waals surface area contributed by atoms with Crippen LogP contribution in [-0.4, -0.2) is 37.7 Å². The molecule has 1 aromatic carbocycles. The zero-order valence-corrected chi connectivity index (χ0v) is 12.6. The lowest BCUT2D eigenvalue weighted by molar-refractivity contribution is 0.360. The van der Waals surface area contributed by atoms with E-state index in [0.717, 1.165) is 31.1 Å². The zero-order valence-electron chi connectivity index (χ0n) is 12.6. The van der Waals surface area contributed by atoms with Gasteiger partial charge in [0.1, 0.15) is 5.75 Å². The Morgan fingerprint density at radius 1 is 1.43 bits per heavy atom. The van der Waals surface area contributed by atoms with Crippen molar-refractivity contribution >= 4 is 11.6 Å². The third kappa shape index (κ3) is 4.59. The Labute approximate surface area is 125 Å². The molecule has 21 heavy (non-hydrogen) atoms. The van der Waals surface area contributed by atoms with E-state index in [2.05, 4.69) is 27.4 Å². The molecule has 6 nitrogen and oxygen atoms in total. The van der Waals surface area contributed by atoms with Crippen molar-refractivity contribution in [1.82, 2.24) is 10.2 Å². The largest absolute Gasteiger partial charge is 0.497 e. The zero-order chi connectivity index (χ0) is 15.1. The number of guanidine groups is 1. The number of hydrogen-bond acceptors (Lipinski definition) is 4. The van der Waals surface area contributed by atoms with Gasteiger partial charge >= 0.3 is 0 Å². The summed E-state index contributed by atoms with van der Waals surface area (Å²) in [5.41, 5.74) is 8.04. The van der Waals surface area contributed by atoms with Crippen molar-refractivity contribution < 1.29 is 4.74 Å². The Kier molecular flexibility index (Phi) is 5.31. The molecule has 6 heteroatoms. The van der Waals surface area contributed by atoms with Gasteiger partial charge in [-0.1, -0.05) is 0 Å². The van der Waals surface area contributed by atoms with Gasteiger partial charge in [-0.25, -0.2) is 0 Å². The van der Waals surface area contributed by atoms with Crippen LogP contribution in [0.1, 0.15) is 13.3 Å². The molecule has 114 valence electrons. The Morgan fingerprint density at radius 2 is 2.19 bits per heavy atom. The summed E-state index contributed by atoms with van der Waals surface area (Å²) in [4.78, 5) is 6.61. The topological polar surface area (TPSA) is 74.9 Å². The number of hydrogen-bond donors (Lipinski definition) is 3. The lowest BCUT2D eigenvalue weighted by Crippen LogP contribution is -2.26. The fourth-order valence-corrected chi connectivity index (χ4v) is 2.10. The van der Waals surface area contributed by atoms with Crippen LogP contribution in [0.5, 0.6) is 5.75 Å². The summed E-state index contributed by atoms with van der Waals surface area (Å²) in [6.45, 7) is 4.67. The van der Waals surface area contributed by atoms with Crippen LogP contribution >= 0.6 is 0 Å². The molecule has 0 aliphatic carbocycles. The van der Waals surface area contributed by atoms with Crippen LogP contribution in [0.4, 0.5) is 5.69 Å². The summed E-state index contributed by atoms with van der Waals surface area (Å²) in [6, 6.07) is 7.58. The van der Waals surface area contributed by atoms with Gasteiger partial charge in [-0.05, 0) is 37.6 Å². The molecule has 0 fully saturated rings. The predicted octanol–water partition coefficient (Wildman–Crippen LogP) is 1.54. The first-order chi connectivity index (χ1) is 10.2. The number of benzene rings is 1. The fraction of sp³-hybridized carbons (Fsp3) is 0.400. The standard InChI is InChI=1S/C15H23N5O/c1-12-10-17-11-20(12)9-3-8-18-15(16)19-13-4-6-14(21-2)7-5-13/h4-7,10,17H,3,8-9,11H2,1-2H3,(H3,16,18,19). The van der Waals surface area contributed by atoms with E-state index in [-0.39, 0.29) is 0 Å². The van der Waals surface area contributed by atoms with E-state index < -0.39 is 0 Å². The molecule has 1 aliphatic heterocycles. The number of aliphatic imine (C=N–C) groups is 1. The number of nitrogens with two attached hydrogens (primary N) is 1. The smallest absolute Gasteiger partial charge is 0.193 e. The normalized spacial score (nSPS) is 14.7. The highest BCUT2D eigenvalue weighted by Gasteiger charge is 2.08. The van der Waals surface area contributed by atoms with Crippen molar-refractivity contribution in [2.75, 3.05) is 32.2 Å². The third-order valence-corrected chi connectivity index (χ3v) is 3.32. The van der Waals surface area contributed by atoms with Crippen molar-refractivity contribution in [3.63, 3.8) is 0 Å². The number of anilines is 1. The Morgan fingerprint density at radius 3 is 2.81 bits per heavy atom. The molecule has 0 amide bonds. The van der Waals surface area contributed by atoms with E-state index in [1.54, 1.807) is 7.11 Å². The Hall–Kier alpha value is -2.37. The molecule has 0 radical (unpaired) electrons. The van der Waals surface area contributed by atoms with Gasteiger partial charge in [-0.15, -0.1) is 0 Å². The summed E-state index contributed by atoms with van der Waals surface area (Å²) in [5.74, 6) is 1.26. The van der Waals surface area contributed by atoms with Crippen molar-refractivity contribution in [2.24, 2.45) is 10.7 Å². The molecule has 0 saturated heterocycles. The molecular weight excluding hydrogens is 266 g/mol. The third-order valence-electron chi connectivity index (χ3n) is 3.32. The van der Waals surface area contributed by atoms with E-state index in [1.807, 2.05) is 30.5 Å². The van der Waals surface area contributed by atoms with Gasteiger partial charge in [-0.2, -0.15) is 0 Å².